The molecule has 0 fully saturated rings. The predicted molar refractivity (Wildman–Crippen MR) is 134 cm³/mol. The molecule has 0 radical (unpaired) electrons. The van der Waals surface area contributed by atoms with Crippen LogP contribution in [0.4, 0.5) is 0 Å². The summed E-state index contributed by atoms with van der Waals surface area (Å²) in [5.41, 5.74) is 3.89. The van der Waals surface area contributed by atoms with Crippen LogP contribution in [0.2, 0.25) is 0 Å². The number of hydrogen-bond acceptors (Lipinski definition) is 6. The van der Waals surface area contributed by atoms with Crippen LogP contribution in [0.5, 0.6) is 23.0 Å². The zero-order valence-corrected chi connectivity index (χ0v) is 20.3. The molecule has 0 heterocycles. The molecule has 3 aromatic carbocycles. The standard InChI is InChI=1S/C28H29NO6/c1-32-23-13-11-19-20(16-22(23)30)21(29-25(31)14-17-8-6-5-7-9-17)12-10-18-15-24(33-2)27(34-3)28(35-4)26(18)19/h5-9,11,13,15-16,21H,10,12,14H2,1-4H3,(H,29,31). The molecule has 35 heavy (non-hydrogen) atoms. The molecule has 0 saturated heterocycles. The SMILES string of the molecule is COc1cc2c(c(OC)c1OC)-c1ccc(OC)c(=O)cc1C(NC(=O)Cc1ccccc1)CC2. The van der Waals surface area contributed by atoms with Crippen LogP contribution in [-0.4, -0.2) is 34.3 Å². The fourth-order valence-electron chi connectivity index (χ4n) is 4.64. The van der Waals surface area contributed by atoms with E-state index in [-0.39, 0.29) is 29.5 Å². The molecule has 7 nitrogen and oxygen atoms in total. The fraction of sp³-hybridized carbons (Fsp3) is 0.286. The number of benzene rings is 2. The fourth-order valence-corrected chi connectivity index (χ4v) is 4.64. The number of aryl methyl sites for hydroxylation is 1. The molecule has 0 saturated carbocycles. The van der Waals surface area contributed by atoms with Crippen molar-refractivity contribution in [3.05, 3.63) is 81.5 Å². The van der Waals surface area contributed by atoms with E-state index in [0.29, 0.717) is 35.7 Å². The van der Waals surface area contributed by atoms with Gasteiger partial charge in [-0.25, -0.2) is 0 Å². The largest absolute Gasteiger partial charge is 0.493 e. The van der Waals surface area contributed by atoms with Gasteiger partial charge in [-0.2, -0.15) is 0 Å². The van der Waals surface area contributed by atoms with Crippen molar-refractivity contribution in [2.24, 2.45) is 0 Å². The van der Waals surface area contributed by atoms with Crippen molar-refractivity contribution in [3.63, 3.8) is 0 Å². The molecule has 1 N–H and O–H groups in total. The first-order chi connectivity index (χ1) is 17.0. The van der Waals surface area contributed by atoms with Crippen molar-refractivity contribution < 1.29 is 23.7 Å². The second kappa shape index (κ2) is 10.5. The average Bonchev–Trinajstić information content (AvgIpc) is 3.11. The number of fused-ring (bicyclic) bond motifs is 3. The second-order valence-corrected chi connectivity index (χ2v) is 8.28. The van der Waals surface area contributed by atoms with Gasteiger partial charge in [-0.05, 0) is 53.3 Å². The summed E-state index contributed by atoms with van der Waals surface area (Å²) in [6.45, 7) is 0. The highest BCUT2D eigenvalue weighted by Gasteiger charge is 2.29. The Balaban J connectivity index is 1.87. The highest BCUT2D eigenvalue weighted by molar-refractivity contribution is 5.84. The molecule has 7 heteroatoms. The number of amides is 1. The molecule has 0 aromatic heterocycles. The molecule has 0 bridgehead atoms. The molecule has 1 aliphatic rings. The minimum atomic E-state index is -0.389. The van der Waals surface area contributed by atoms with Crippen LogP contribution in [0, 0.1) is 0 Å². The van der Waals surface area contributed by atoms with Gasteiger partial charge in [0.25, 0.3) is 0 Å². The Labute approximate surface area is 204 Å². The molecule has 1 aliphatic carbocycles. The number of methoxy groups -OCH3 is 4. The van der Waals surface area contributed by atoms with Crippen molar-refractivity contribution in [2.75, 3.05) is 28.4 Å². The van der Waals surface area contributed by atoms with Gasteiger partial charge in [-0.3, -0.25) is 9.59 Å². The molecule has 1 unspecified atom stereocenters. The zero-order chi connectivity index (χ0) is 24.9. The average molecular weight is 476 g/mol. The van der Waals surface area contributed by atoms with Gasteiger partial charge in [0.2, 0.25) is 17.1 Å². The summed E-state index contributed by atoms with van der Waals surface area (Å²) < 4.78 is 22.3. The van der Waals surface area contributed by atoms with Crippen molar-refractivity contribution >= 4 is 5.91 Å². The first-order valence-electron chi connectivity index (χ1n) is 11.4. The van der Waals surface area contributed by atoms with Crippen molar-refractivity contribution in [1.29, 1.82) is 0 Å². The molecule has 182 valence electrons. The van der Waals surface area contributed by atoms with Gasteiger partial charge in [0.15, 0.2) is 17.2 Å². The van der Waals surface area contributed by atoms with E-state index >= 15 is 0 Å². The summed E-state index contributed by atoms with van der Waals surface area (Å²) in [4.78, 5) is 25.9. The lowest BCUT2D eigenvalue weighted by atomic mass is 9.95. The van der Waals surface area contributed by atoms with Crippen molar-refractivity contribution in [1.82, 2.24) is 5.32 Å². The Hall–Kier alpha value is -4.00. The number of nitrogens with one attached hydrogen (secondary N) is 1. The first-order valence-corrected chi connectivity index (χ1v) is 11.4. The van der Waals surface area contributed by atoms with Crippen LogP contribution in [0.1, 0.15) is 29.2 Å². The maximum Gasteiger partial charge on any atom is 0.224 e. The maximum atomic E-state index is 13.0. The second-order valence-electron chi connectivity index (χ2n) is 8.28. The summed E-state index contributed by atoms with van der Waals surface area (Å²) in [7, 11) is 6.17. The molecule has 3 aromatic rings. The Kier molecular flexibility index (Phi) is 7.25. The van der Waals surface area contributed by atoms with Gasteiger partial charge < -0.3 is 24.3 Å². The molecule has 0 aliphatic heterocycles. The smallest absolute Gasteiger partial charge is 0.224 e. The number of rotatable bonds is 7. The Morgan fingerprint density at radius 1 is 0.886 bits per heavy atom. The Bertz CT molecular complexity index is 1290. The number of ether oxygens (including phenoxy) is 4. The highest BCUT2D eigenvalue weighted by Crippen LogP contribution is 2.50. The molecule has 0 spiro atoms. The molecular formula is C28H29NO6. The third kappa shape index (κ3) is 4.80. The van der Waals surface area contributed by atoms with E-state index in [1.165, 1.54) is 7.11 Å². The predicted octanol–water partition coefficient (Wildman–Crippen LogP) is 4.09. The van der Waals surface area contributed by atoms with Crippen LogP contribution in [-0.2, 0) is 17.6 Å². The van der Waals surface area contributed by atoms with E-state index in [1.54, 1.807) is 33.5 Å². The van der Waals surface area contributed by atoms with Gasteiger partial charge in [-0.15, -0.1) is 0 Å². The quantitative estimate of drug-likeness (QED) is 0.554. The van der Waals surface area contributed by atoms with Gasteiger partial charge >= 0.3 is 0 Å². The van der Waals surface area contributed by atoms with Crippen LogP contribution in [0.25, 0.3) is 11.1 Å². The van der Waals surface area contributed by atoms with Gasteiger partial charge in [0.05, 0.1) is 40.9 Å². The monoisotopic (exact) mass is 475 g/mol. The summed E-state index contributed by atoms with van der Waals surface area (Å²) in [6, 6.07) is 16.1. The summed E-state index contributed by atoms with van der Waals surface area (Å²) in [6.07, 6.45) is 1.47. The number of carbonyl (C=O) groups is 1. The lowest BCUT2D eigenvalue weighted by molar-refractivity contribution is -0.121. The normalized spacial score (nSPS) is 14.1. The van der Waals surface area contributed by atoms with E-state index in [9.17, 15) is 9.59 Å². The Morgan fingerprint density at radius 2 is 1.60 bits per heavy atom. The summed E-state index contributed by atoms with van der Waals surface area (Å²) in [5.74, 6) is 1.63. The third-order valence-corrected chi connectivity index (χ3v) is 6.26. The topological polar surface area (TPSA) is 83.1 Å². The highest BCUT2D eigenvalue weighted by atomic mass is 16.5. The molecule has 4 rings (SSSR count). The molecule has 1 amide bonds. The van der Waals surface area contributed by atoms with E-state index in [1.807, 2.05) is 42.5 Å². The lowest BCUT2D eigenvalue weighted by Crippen LogP contribution is -2.30. The first kappa shape index (κ1) is 24.1. The third-order valence-electron chi connectivity index (χ3n) is 6.26. The van der Waals surface area contributed by atoms with Crippen molar-refractivity contribution in [2.45, 2.75) is 25.3 Å². The van der Waals surface area contributed by atoms with E-state index in [0.717, 1.165) is 22.3 Å². The van der Waals surface area contributed by atoms with Crippen LogP contribution < -0.4 is 29.7 Å². The summed E-state index contributed by atoms with van der Waals surface area (Å²) >= 11 is 0. The van der Waals surface area contributed by atoms with Crippen molar-refractivity contribution in [3.8, 4) is 34.1 Å². The summed E-state index contributed by atoms with van der Waals surface area (Å²) in [5, 5.41) is 3.15. The number of carbonyl (C=O) groups excluding carboxylic acids is 1. The van der Waals surface area contributed by atoms with Crippen LogP contribution in [0.15, 0.2) is 59.4 Å². The van der Waals surface area contributed by atoms with Gasteiger partial charge in [0, 0.05) is 5.56 Å². The van der Waals surface area contributed by atoms with E-state index in [4.69, 9.17) is 18.9 Å². The van der Waals surface area contributed by atoms with Gasteiger partial charge in [-0.1, -0.05) is 36.4 Å². The minimum absolute atomic E-state index is 0.119. The molecular weight excluding hydrogens is 446 g/mol. The zero-order valence-electron chi connectivity index (χ0n) is 20.3. The minimum Gasteiger partial charge on any atom is -0.493 e. The van der Waals surface area contributed by atoms with E-state index < -0.39 is 0 Å². The van der Waals surface area contributed by atoms with E-state index in [2.05, 4.69) is 5.32 Å². The van der Waals surface area contributed by atoms with Gasteiger partial charge in [0.1, 0.15) is 0 Å². The Morgan fingerprint density at radius 3 is 2.26 bits per heavy atom. The van der Waals surface area contributed by atoms with Crippen LogP contribution >= 0.6 is 0 Å². The molecule has 1 atom stereocenters. The number of hydrogen-bond donors (Lipinski definition) is 1. The lowest BCUT2D eigenvalue weighted by Gasteiger charge is -2.20. The maximum absolute atomic E-state index is 13.0. The van der Waals surface area contributed by atoms with Crippen LogP contribution in [0.3, 0.4) is 0 Å².